The van der Waals surface area contributed by atoms with Crippen molar-refractivity contribution >= 4 is 49.8 Å². The molecule has 0 atom stereocenters. The minimum Gasteiger partial charge on any atom is -0.380 e. The lowest BCUT2D eigenvalue weighted by Crippen LogP contribution is -2.05. The van der Waals surface area contributed by atoms with E-state index in [1.807, 2.05) is 24.6 Å². The number of thiazole rings is 1. The minimum atomic E-state index is -0.205. The fourth-order valence-corrected chi connectivity index (χ4v) is 4.14. The number of fused-ring (bicyclic) bond motifs is 1. The van der Waals surface area contributed by atoms with E-state index in [9.17, 15) is 4.39 Å². The summed E-state index contributed by atoms with van der Waals surface area (Å²) in [5.74, 6) is -0.205. The second kappa shape index (κ2) is 6.97. The lowest BCUT2D eigenvalue weighted by Gasteiger charge is -2.12. The van der Waals surface area contributed by atoms with Crippen LogP contribution in [-0.2, 0) is 6.42 Å². The van der Waals surface area contributed by atoms with Gasteiger partial charge in [0.05, 0.1) is 25.0 Å². The van der Waals surface area contributed by atoms with Gasteiger partial charge in [0, 0.05) is 6.54 Å². The first-order valence-electron chi connectivity index (χ1n) is 7.22. The fraction of sp³-hybridized carbons (Fsp3) is 0.167. The lowest BCUT2D eigenvalue weighted by atomic mass is 10.0. The van der Waals surface area contributed by atoms with Crippen molar-refractivity contribution in [2.45, 2.75) is 13.3 Å². The molecule has 118 valence electrons. The van der Waals surface area contributed by atoms with Crippen LogP contribution in [0.4, 0.5) is 10.1 Å². The molecule has 5 heteroatoms. The van der Waals surface area contributed by atoms with Crippen molar-refractivity contribution in [1.29, 1.82) is 0 Å². The molecule has 1 heterocycles. The molecule has 0 spiro atoms. The molecule has 1 N–H and O–H groups in total. The van der Waals surface area contributed by atoms with Crippen LogP contribution in [0.1, 0.15) is 18.1 Å². The zero-order valence-electron chi connectivity index (χ0n) is 12.7. The Labute approximate surface area is 152 Å². The van der Waals surface area contributed by atoms with E-state index in [4.69, 9.17) is 0 Å². The monoisotopic (exact) mass is 438 g/mol. The summed E-state index contributed by atoms with van der Waals surface area (Å²) in [6.07, 6.45) is 0.762. The molecule has 0 aliphatic heterocycles. The van der Waals surface area contributed by atoms with Gasteiger partial charge in [-0.2, -0.15) is 0 Å². The number of benzene rings is 2. The molecule has 2 nitrogen and oxygen atoms in total. The topological polar surface area (TPSA) is 24.9 Å². The Hall–Kier alpha value is -1.47. The number of nitrogens with zero attached hydrogens (tertiary/aromatic N) is 1. The summed E-state index contributed by atoms with van der Waals surface area (Å²) in [4.78, 5) is 4.51. The maximum Gasteiger partial charge on any atom is 0.123 e. The Balaban J connectivity index is 2.00. The maximum atomic E-state index is 13.1. The van der Waals surface area contributed by atoms with Gasteiger partial charge in [-0.25, -0.2) is 9.37 Å². The van der Waals surface area contributed by atoms with Crippen LogP contribution < -0.4 is 5.32 Å². The number of rotatable bonds is 5. The Kier molecular flexibility index (Phi) is 4.96. The molecule has 0 saturated carbocycles. The van der Waals surface area contributed by atoms with Gasteiger partial charge in [-0.1, -0.05) is 24.3 Å². The van der Waals surface area contributed by atoms with E-state index in [2.05, 4.69) is 45.5 Å². The molecule has 0 saturated heterocycles. The highest BCUT2D eigenvalue weighted by Gasteiger charge is 2.13. The van der Waals surface area contributed by atoms with Crippen LogP contribution in [0, 0.1) is 9.39 Å². The molecule has 0 bridgehead atoms. The van der Waals surface area contributed by atoms with Crippen molar-refractivity contribution in [3.63, 3.8) is 0 Å². The van der Waals surface area contributed by atoms with Crippen molar-refractivity contribution in [1.82, 2.24) is 4.98 Å². The predicted octanol–water partition coefficient (Wildman–Crippen LogP) is 5.62. The smallest absolute Gasteiger partial charge is 0.123 e. The number of aromatic nitrogens is 1. The van der Waals surface area contributed by atoms with E-state index < -0.39 is 0 Å². The predicted molar refractivity (Wildman–Crippen MR) is 105 cm³/mol. The molecule has 0 aliphatic carbocycles. The third-order valence-electron chi connectivity index (χ3n) is 3.51. The molecular weight excluding hydrogens is 422 g/mol. The summed E-state index contributed by atoms with van der Waals surface area (Å²) in [7, 11) is 0. The van der Waals surface area contributed by atoms with E-state index in [0.717, 1.165) is 38.9 Å². The van der Waals surface area contributed by atoms with Crippen molar-refractivity contribution in [2.24, 2.45) is 0 Å². The molecule has 0 amide bonds. The largest absolute Gasteiger partial charge is 0.380 e. The Morgan fingerprint density at radius 1 is 1.35 bits per heavy atom. The van der Waals surface area contributed by atoms with E-state index >= 15 is 0 Å². The third kappa shape index (κ3) is 3.72. The highest BCUT2D eigenvalue weighted by atomic mass is 127. The van der Waals surface area contributed by atoms with E-state index in [1.165, 1.54) is 22.4 Å². The number of hydrogen-bond acceptors (Lipinski definition) is 3. The fourth-order valence-electron chi connectivity index (χ4n) is 2.39. The highest BCUT2D eigenvalue weighted by Crippen LogP contribution is 2.34. The van der Waals surface area contributed by atoms with E-state index in [-0.39, 0.29) is 5.82 Å². The Bertz CT molecular complexity index is 855. The summed E-state index contributed by atoms with van der Waals surface area (Å²) in [5, 5.41) is 3.43. The summed E-state index contributed by atoms with van der Waals surface area (Å²) in [5.41, 5.74) is 7.36. The second-order valence-corrected chi connectivity index (χ2v) is 7.47. The molecule has 3 rings (SSSR count). The van der Waals surface area contributed by atoms with Gasteiger partial charge < -0.3 is 5.32 Å². The number of anilines is 1. The maximum absolute atomic E-state index is 13.1. The average molecular weight is 438 g/mol. The first-order valence-corrected chi connectivity index (χ1v) is 9.17. The summed E-state index contributed by atoms with van der Waals surface area (Å²) in [6.45, 7) is 6.67. The summed E-state index contributed by atoms with van der Waals surface area (Å²) >= 11 is 3.98. The highest BCUT2D eigenvalue weighted by molar-refractivity contribution is 14.1. The average Bonchev–Trinajstić information content (AvgIpc) is 3.01. The quantitative estimate of drug-likeness (QED) is 0.413. The van der Waals surface area contributed by atoms with Crippen LogP contribution in [0.25, 0.3) is 10.2 Å². The number of hydrogen-bond donors (Lipinski definition) is 1. The number of nitrogens with one attached hydrogen (secondary N) is 1. The Morgan fingerprint density at radius 3 is 2.78 bits per heavy atom. The molecule has 0 radical (unpaired) electrons. The first-order chi connectivity index (χ1) is 11.0. The van der Waals surface area contributed by atoms with Crippen LogP contribution in [-0.4, -0.2) is 11.5 Å². The molecule has 23 heavy (non-hydrogen) atoms. The van der Waals surface area contributed by atoms with Crippen LogP contribution in [0.5, 0.6) is 0 Å². The molecule has 0 aliphatic rings. The lowest BCUT2D eigenvalue weighted by molar-refractivity contribution is 0.627. The minimum absolute atomic E-state index is 0.205. The third-order valence-corrected chi connectivity index (χ3v) is 5.50. The van der Waals surface area contributed by atoms with Crippen LogP contribution in [0.3, 0.4) is 0 Å². The van der Waals surface area contributed by atoms with Crippen molar-refractivity contribution in [2.75, 3.05) is 11.9 Å². The molecule has 0 unspecified atom stereocenters. The van der Waals surface area contributed by atoms with Gasteiger partial charge in [-0.3, -0.25) is 0 Å². The number of halogens is 2. The second-order valence-electron chi connectivity index (χ2n) is 5.54. The van der Waals surface area contributed by atoms with Gasteiger partial charge in [0.1, 0.15) is 5.82 Å². The van der Waals surface area contributed by atoms with Gasteiger partial charge in [-0.05, 0) is 65.3 Å². The van der Waals surface area contributed by atoms with Crippen LogP contribution in [0.15, 0.2) is 48.0 Å². The van der Waals surface area contributed by atoms with E-state index in [1.54, 1.807) is 11.3 Å². The molecule has 2 aromatic carbocycles. The van der Waals surface area contributed by atoms with Gasteiger partial charge >= 0.3 is 0 Å². The first kappa shape index (κ1) is 16.4. The van der Waals surface area contributed by atoms with Crippen molar-refractivity contribution in [3.05, 3.63) is 68.5 Å². The molecule has 3 aromatic rings. The van der Waals surface area contributed by atoms with E-state index in [0.29, 0.717) is 0 Å². The van der Waals surface area contributed by atoms with Crippen LogP contribution >= 0.6 is 33.9 Å². The summed E-state index contributed by atoms with van der Waals surface area (Å²) in [6, 6.07) is 8.86. The molecule has 1 aromatic heterocycles. The van der Waals surface area contributed by atoms with Crippen molar-refractivity contribution in [3.8, 4) is 0 Å². The van der Waals surface area contributed by atoms with Crippen LogP contribution in [0.2, 0.25) is 0 Å². The zero-order chi connectivity index (χ0) is 16.4. The van der Waals surface area contributed by atoms with Crippen molar-refractivity contribution < 1.29 is 4.39 Å². The van der Waals surface area contributed by atoms with Gasteiger partial charge in [0.2, 0.25) is 0 Å². The van der Waals surface area contributed by atoms with Gasteiger partial charge in [0.25, 0.3) is 0 Å². The summed E-state index contributed by atoms with van der Waals surface area (Å²) < 4.78 is 15.4. The van der Waals surface area contributed by atoms with Gasteiger partial charge in [0.15, 0.2) is 0 Å². The standard InChI is InChI=1S/C18H16FIN2S/c1-11(2)9-21-15-8-13(7-12-3-5-14(19)6-4-12)18-17(16(15)20)22-10-23-18/h3-6,8,10,21H,1,7,9H2,2H3. The zero-order valence-corrected chi connectivity index (χ0v) is 15.7. The Morgan fingerprint density at radius 2 is 2.09 bits per heavy atom. The normalized spacial score (nSPS) is 10.9. The SMILES string of the molecule is C=C(C)CNc1cc(Cc2ccc(F)cc2)c2scnc2c1I. The molecule has 0 fully saturated rings. The van der Waals surface area contributed by atoms with Gasteiger partial charge in [-0.15, -0.1) is 11.3 Å². The molecular formula is C18H16FIN2S.